The van der Waals surface area contributed by atoms with Crippen molar-refractivity contribution in [3.05, 3.63) is 23.7 Å². The number of aryl methyl sites for hydroxylation is 1. The van der Waals surface area contributed by atoms with Crippen molar-refractivity contribution in [2.24, 2.45) is 10.9 Å². The molecule has 1 unspecified atom stereocenters. The van der Waals surface area contributed by atoms with Crippen LogP contribution in [0.2, 0.25) is 0 Å². The summed E-state index contributed by atoms with van der Waals surface area (Å²) in [5.74, 6) is 0.700. The van der Waals surface area contributed by atoms with Gasteiger partial charge in [0.15, 0.2) is 11.7 Å². The quantitative estimate of drug-likeness (QED) is 0.324. The zero-order chi connectivity index (χ0) is 19.6. The first-order chi connectivity index (χ1) is 13.1. The lowest BCUT2D eigenvalue weighted by Gasteiger charge is -2.33. The molecule has 0 spiro atoms. The van der Waals surface area contributed by atoms with Crippen LogP contribution in [0, 0.1) is 12.8 Å². The third-order valence-electron chi connectivity index (χ3n) is 4.54. The van der Waals surface area contributed by atoms with Gasteiger partial charge < -0.3 is 24.7 Å². The summed E-state index contributed by atoms with van der Waals surface area (Å²) in [4.78, 5) is 30.4. The van der Waals surface area contributed by atoms with Crippen molar-refractivity contribution in [2.75, 3.05) is 39.8 Å². The smallest absolute Gasteiger partial charge is 0.310 e. The number of furan rings is 1. The molecule has 2 rings (SSSR count). The number of aliphatic imine (C=N–C) groups is 1. The molecule has 0 aliphatic carbocycles. The summed E-state index contributed by atoms with van der Waals surface area (Å²) < 4.78 is 10.3. The normalized spacial score (nSPS) is 17.5. The number of ether oxygens (including phenoxy) is 1. The number of guanidine groups is 1. The second kappa shape index (κ2) is 10.6. The number of rotatable bonds is 7. The third-order valence-corrected chi connectivity index (χ3v) is 4.54. The van der Waals surface area contributed by atoms with Crippen LogP contribution < -0.4 is 10.6 Å². The molecule has 1 amide bonds. The van der Waals surface area contributed by atoms with Gasteiger partial charge in [0.1, 0.15) is 0 Å². The Balaban J connectivity index is 1.71. The molecule has 1 atom stereocenters. The van der Waals surface area contributed by atoms with E-state index in [1.807, 2.05) is 13.8 Å². The highest BCUT2D eigenvalue weighted by atomic mass is 16.5. The minimum absolute atomic E-state index is 0.104. The Morgan fingerprint density at radius 2 is 2.15 bits per heavy atom. The largest absolute Gasteiger partial charge is 0.466 e. The van der Waals surface area contributed by atoms with Gasteiger partial charge in [0.05, 0.1) is 18.8 Å². The molecule has 8 nitrogen and oxygen atoms in total. The number of piperidine rings is 1. The number of carbonyl (C=O) groups excluding carboxylic acids is 2. The summed E-state index contributed by atoms with van der Waals surface area (Å²) >= 11 is 0. The maximum Gasteiger partial charge on any atom is 0.310 e. The molecule has 0 saturated carbocycles. The monoisotopic (exact) mass is 378 g/mol. The Bertz CT molecular complexity index is 656. The van der Waals surface area contributed by atoms with Gasteiger partial charge in [0.2, 0.25) is 0 Å². The molecule has 1 aliphatic rings. The van der Waals surface area contributed by atoms with E-state index in [1.54, 1.807) is 13.1 Å². The van der Waals surface area contributed by atoms with Crippen LogP contribution in [0.25, 0.3) is 0 Å². The number of nitrogens with one attached hydrogen (secondary N) is 2. The molecule has 1 fully saturated rings. The summed E-state index contributed by atoms with van der Waals surface area (Å²) in [7, 11) is 1.73. The molecule has 1 aromatic rings. The number of amides is 1. The first-order valence-electron chi connectivity index (χ1n) is 9.51. The van der Waals surface area contributed by atoms with E-state index in [2.05, 4.69) is 20.5 Å². The fraction of sp³-hybridized carbons (Fsp3) is 0.632. The van der Waals surface area contributed by atoms with Gasteiger partial charge in [-0.3, -0.25) is 14.6 Å². The van der Waals surface area contributed by atoms with Crippen molar-refractivity contribution in [2.45, 2.75) is 33.1 Å². The van der Waals surface area contributed by atoms with Crippen LogP contribution in [-0.2, 0) is 9.53 Å². The Hall–Kier alpha value is -2.51. The van der Waals surface area contributed by atoms with E-state index in [9.17, 15) is 9.59 Å². The number of nitrogens with zero attached hydrogens (tertiary/aromatic N) is 2. The van der Waals surface area contributed by atoms with Gasteiger partial charge in [-0.2, -0.15) is 0 Å². The summed E-state index contributed by atoms with van der Waals surface area (Å²) in [5.41, 5.74) is 0.826. The molecule has 0 bridgehead atoms. The molecule has 2 N–H and O–H groups in total. The standard InChI is InChI=1S/C19H30N4O4/c1-4-26-18(25)15-7-5-11-23(13-15)19(20-3)22-10-6-9-21-17(24)16-14(2)8-12-27-16/h8,12,15H,4-7,9-11,13H2,1-3H3,(H,20,22)(H,21,24). The van der Waals surface area contributed by atoms with Crippen LogP contribution in [0.15, 0.2) is 21.7 Å². The lowest BCUT2D eigenvalue weighted by Crippen LogP contribution is -2.48. The van der Waals surface area contributed by atoms with E-state index in [0.717, 1.165) is 37.3 Å². The van der Waals surface area contributed by atoms with Crippen LogP contribution in [0.4, 0.5) is 0 Å². The van der Waals surface area contributed by atoms with E-state index < -0.39 is 0 Å². The summed E-state index contributed by atoms with van der Waals surface area (Å²) in [5, 5.41) is 6.15. The molecule has 1 saturated heterocycles. The van der Waals surface area contributed by atoms with Gasteiger partial charge in [-0.1, -0.05) is 0 Å². The summed E-state index contributed by atoms with van der Waals surface area (Å²) in [6.45, 7) is 6.76. The molecule has 0 radical (unpaired) electrons. The predicted octanol–water partition coefficient (Wildman–Crippen LogP) is 1.56. The van der Waals surface area contributed by atoms with Crippen molar-refractivity contribution < 1.29 is 18.7 Å². The van der Waals surface area contributed by atoms with E-state index in [4.69, 9.17) is 9.15 Å². The van der Waals surface area contributed by atoms with Crippen molar-refractivity contribution in [1.82, 2.24) is 15.5 Å². The average Bonchev–Trinajstić information content (AvgIpc) is 3.11. The highest BCUT2D eigenvalue weighted by molar-refractivity contribution is 5.92. The highest BCUT2D eigenvalue weighted by Crippen LogP contribution is 2.18. The number of hydrogen-bond donors (Lipinski definition) is 2. The van der Waals surface area contributed by atoms with Crippen molar-refractivity contribution in [3.8, 4) is 0 Å². The van der Waals surface area contributed by atoms with Gasteiger partial charge in [-0.15, -0.1) is 0 Å². The first kappa shape index (κ1) is 20.8. The van der Waals surface area contributed by atoms with Gasteiger partial charge in [-0.05, 0) is 39.2 Å². The van der Waals surface area contributed by atoms with Crippen LogP contribution in [0.3, 0.4) is 0 Å². The highest BCUT2D eigenvalue weighted by Gasteiger charge is 2.28. The molecule has 0 aromatic carbocycles. The number of hydrogen-bond acceptors (Lipinski definition) is 5. The van der Waals surface area contributed by atoms with Crippen molar-refractivity contribution in [1.29, 1.82) is 0 Å². The minimum atomic E-state index is -0.199. The average molecular weight is 378 g/mol. The number of likely N-dealkylation sites (tertiary alicyclic amines) is 1. The summed E-state index contributed by atoms with van der Waals surface area (Å²) in [6.07, 6.45) is 4.05. The molecule has 8 heteroatoms. The van der Waals surface area contributed by atoms with Crippen LogP contribution in [-0.4, -0.2) is 62.6 Å². The van der Waals surface area contributed by atoms with Gasteiger partial charge >= 0.3 is 5.97 Å². The first-order valence-corrected chi connectivity index (χ1v) is 9.51. The topological polar surface area (TPSA) is 96.2 Å². The third kappa shape index (κ3) is 6.01. The number of carbonyl (C=O) groups is 2. The van der Waals surface area contributed by atoms with Crippen molar-refractivity contribution in [3.63, 3.8) is 0 Å². The molecular formula is C19H30N4O4. The molecule has 27 heavy (non-hydrogen) atoms. The van der Waals surface area contributed by atoms with Gasteiger partial charge in [0.25, 0.3) is 5.91 Å². The molecule has 150 valence electrons. The Morgan fingerprint density at radius 1 is 1.37 bits per heavy atom. The van der Waals surface area contributed by atoms with Crippen LogP contribution in [0.5, 0.6) is 0 Å². The SMILES string of the molecule is CCOC(=O)C1CCCN(C(=NC)NCCCNC(=O)c2occc2C)C1. The maximum atomic E-state index is 12.0. The van der Waals surface area contributed by atoms with Gasteiger partial charge in [-0.25, -0.2) is 0 Å². The molecule has 2 heterocycles. The van der Waals surface area contributed by atoms with Crippen molar-refractivity contribution >= 4 is 17.8 Å². The van der Waals surface area contributed by atoms with E-state index in [1.165, 1.54) is 6.26 Å². The molecular weight excluding hydrogens is 348 g/mol. The van der Waals surface area contributed by atoms with E-state index in [-0.39, 0.29) is 17.8 Å². The Kier molecular flexibility index (Phi) is 8.16. The minimum Gasteiger partial charge on any atom is -0.466 e. The lowest BCUT2D eigenvalue weighted by molar-refractivity contribution is -0.149. The summed E-state index contributed by atoms with van der Waals surface area (Å²) in [6, 6.07) is 1.77. The Labute approximate surface area is 160 Å². The zero-order valence-electron chi connectivity index (χ0n) is 16.4. The fourth-order valence-electron chi connectivity index (χ4n) is 3.13. The molecule has 1 aromatic heterocycles. The maximum absolute atomic E-state index is 12.0. The molecule has 1 aliphatic heterocycles. The lowest BCUT2D eigenvalue weighted by atomic mass is 9.98. The zero-order valence-corrected chi connectivity index (χ0v) is 16.4. The van der Waals surface area contributed by atoms with E-state index in [0.29, 0.717) is 32.0 Å². The van der Waals surface area contributed by atoms with Crippen LogP contribution in [0.1, 0.15) is 42.3 Å². The second-order valence-corrected chi connectivity index (χ2v) is 6.55. The fourth-order valence-corrected chi connectivity index (χ4v) is 3.13. The Morgan fingerprint density at radius 3 is 2.81 bits per heavy atom. The van der Waals surface area contributed by atoms with Gasteiger partial charge in [0, 0.05) is 38.8 Å². The van der Waals surface area contributed by atoms with Crippen LogP contribution >= 0.6 is 0 Å². The second-order valence-electron chi connectivity index (χ2n) is 6.55. The number of esters is 1. The van der Waals surface area contributed by atoms with E-state index >= 15 is 0 Å². The predicted molar refractivity (Wildman–Crippen MR) is 103 cm³/mol.